The van der Waals surface area contributed by atoms with Gasteiger partial charge in [-0.3, -0.25) is 9.48 Å². The molecule has 2 aromatic heterocycles. The lowest BCUT2D eigenvalue weighted by Crippen LogP contribution is -2.33. The van der Waals surface area contributed by atoms with Gasteiger partial charge in [0.05, 0.1) is 12.2 Å². The third-order valence-corrected chi connectivity index (χ3v) is 4.25. The predicted molar refractivity (Wildman–Crippen MR) is 89.2 cm³/mol. The van der Waals surface area contributed by atoms with Crippen LogP contribution in [0, 0.1) is 6.92 Å². The molecular weight excluding hydrogens is 290 g/mol. The van der Waals surface area contributed by atoms with Gasteiger partial charge in [0, 0.05) is 33.0 Å². The number of nitrogens with zero attached hydrogens (tertiary/aromatic N) is 5. The maximum absolute atomic E-state index is 12.7. The predicted octanol–water partition coefficient (Wildman–Crippen LogP) is 2.02. The van der Waals surface area contributed by atoms with Gasteiger partial charge >= 0.3 is 0 Å². The Morgan fingerprint density at radius 1 is 1.43 bits per heavy atom. The second kappa shape index (κ2) is 6.40. The Balaban J connectivity index is 1.77. The summed E-state index contributed by atoms with van der Waals surface area (Å²) in [6.07, 6.45) is 7.54. The quantitative estimate of drug-likeness (QED) is 0.866. The average Bonchev–Trinajstić information content (AvgIpc) is 3.16. The summed E-state index contributed by atoms with van der Waals surface area (Å²) in [6.45, 7) is 3.09. The molecule has 1 atom stereocenters. The minimum Gasteiger partial charge on any atom is -0.363 e. The number of hydrogen-bond donors (Lipinski definition) is 0. The summed E-state index contributed by atoms with van der Waals surface area (Å²) >= 11 is 0. The highest BCUT2D eigenvalue weighted by Crippen LogP contribution is 2.33. The molecule has 1 aliphatic heterocycles. The Labute approximate surface area is 136 Å². The summed E-state index contributed by atoms with van der Waals surface area (Å²) in [7, 11) is 3.95. The van der Waals surface area contributed by atoms with Crippen LogP contribution in [0.15, 0.2) is 30.7 Å². The van der Waals surface area contributed by atoms with Crippen molar-refractivity contribution < 1.29 is 4.79 Å². The Bertz CT molecular complexity index is 694. The largest absolute Gasteiger partial charge is 0.363 e. The van der Waals surface area contributed by atoms with E-state index in [4.69, 9.17) is 0 Å². The molecule has 1 fully saturated rings. The van der Waals surface area contributed by atoms with E-state index < -0.39 is 0 Å². The molecule has 0 bridgehead atoms. The van der Waals surface area contributed by atoms with Gasteiger partial charge in [-0.1, -0.05) is 0 Å². The molecule has 6 nitrogen and oxygen atoms in total. The van der Waals surface area contributed by atoms with Crippen LogP contribution >= 0.6 is 0 Å². The monoisotopic (exact) mass is 313 g/mol. The van der Waals surface area contributed by atoms with E-state index in [9.17, 15) is 4.79 Å². The van der Waals surface area contributed by atoms with Gasteiger partial charge in [0.1, 0.15) is 12.4 Å². The van der Waals surface area contributed by atoms with Crippen LogP contribution < -0.4 is 4.90 Å². The van der Waals surface area contributed by atoms with Crippen molar-refractivity contribution in [3.05, 3.63) is 41.9 Å². The maximum atomic E-state index is 12.7. The van der Waals surface area contributed by atoms with E-state index in [1.54, 1.807) is 10.9 Å². The maximum Gasteiger partial charge on any atom is 0.244 e. The normalized spacial score (nSPS) is 17.5. The fraction of sp³-hybridized carbons (Fsp3) is 0.471. The van der Waals surface area contributed by atoms with Crippen molar-refractivity contribution in [1.82, 2.24) is 19.7 Å². The van der Waals surface area contributed by atoms with Gasteiger partial charge in [-0.05, 0) is 43.0 Å². The second-order valence-corrected chi connectivity index (χ2v) is 6.30. The molecule has 1 saturated heterocycles. The van der Waals surface area contributed by atoms with Crippen LogP contribution in [0.4, 0.5) is 5.82 Å². The second-order valence-electron chi connectivity index (χ2n) is 6.30. The molecule has 0 saturated carbocycles. The minimum atomic E-state index is 0.124. The van der Waals surface area contributed by atoms with E-state index in [1.807, 2.05) is 49.3 Å². The average molecular weight is 313 g/mol. The molecule has 0 N–H and O–H groups in total. The molecule has 1 aliphatic rings. The first-order valence-electron chi connectivity index (χ1n) is 7.96. The number of anilines is 1. The molecule has 23 heavy (non-hydrogen) atoms. The molecule has 1 unspecified atom stereocenters. The number of rotatable bonds is 4. The molecule has 0 aliphatic carbocycles. The van der Waals surface area contributed by atoms with E-state index in [2.05, 4.69) is 16.1 Å². The minimum absolute atomic E-state index is 0.124. The molecule has 0 spiro atoms. The van der Waals surface area contributed by atoms with E-state index in [0.29, 0.717) is 6.54 Å². The van der Waals surface area contributed by atoms with Gasteiger partial charge in [-0.2, -0.15) is 5.10 Å². The van der Waals surface area contributed by atoms with Crippen LogP contribution in [-0.2, 0) is 11.3 Å². The molecule has 1 amide bonds. The molecule has 3 heterocycles. The van der Waals surface area contributed by atoms with Crippen molar-refractivity contribution in [2.24, 2.45) is 0 Å². The van der Waals surface area contributed by atoms with Gasteiger partial charge in [0.15, 0.2) is 0 Å². The summed E-state index contributed by atoms with van der Waals surface area (Å²) in [4.78, 5) is 21.0. The number of aromatic nitrogens is 3. The van der Waals surface area contributed by atoms with Gasteiger partial charge in [0.25, 0.3) is 0 Å². The molecule has 6 heteroatoms. The smallest absolute Gasteiger partial charge is 0.244 e. The highest BCUT2D eigenvalue weighted by Gasteiger charge is 2.30. The fourth-order valence-electron chi connectivity index (χ4n) is 3.08. The molecule has 3 rings (SSSR count). The molecule has 0 aromatic carbocycles. The summed E-state index contributed by atoms with van der Waals surface area (Å²) in [5, 5.41) is 4.21. The SMILES string of the molecule is Cc1cnn(CC(=O)N2CCCC2c2ccnc(N(C)C)c2)c1. The molecular formula is C17H23N5O. The third kappa shape index (κ3) is 3.36. The lowest BCUT2D eigenvalue weighted by atomic mass is 10.1. The number of hydrogen-bond acceptors (Lipinski definition) is 4. The number of aryl methyl sites for hydroxylation is 1. The van der Waals surface area contributed by atoms with Crippen molar-refractivity contribution in [1.29, 1.82) is 0 Å². The lowest BCUT2D eigenvalue weighted by molar-refractivity contribution is -0.133. The summed E-state index contributed by atoms with van der Waals surface area (Å²) in [6, 6.07) is 4.23. The zero-order chi connectivity index (χ0) is 16.4. The van der Waals surface area contributed by atoms with Gasteiger partial charge in [0.2, 0.25) is 5.91 Å². The zero-order valence-electron chi connectivity index (χ0n) is 13.9. The third-order valence-electron chi connectivity index (χ3n) is 4.25. The summed E-state index contributed by atoms with van der Waals surface area (Å²) < 4.78 is 1.71. The number of pyridine rings is 1. The molecule has 0 radical (unpaired) electrons. The molecule has 2 aromatic rings. The Hall–Kier alpha value is -2.37. The summed E-state index contributed by atoms with van der Waals surface area (Å²) in [5.74, 6) is 1.04. The highest BCUT2D eigenvalue weighted by molar-refractivity contribution is 5.76. The number of likely N-dealkylation sites (tertiary alicyclic amines) is 1. The van der Waals surface area contributed by atoms with Gasteiger partial charge in [-0.15, -0.1) is 0 Å². The zero-order valence-corrected chi connectivity index (χ0v) is 13.9. The van der Waals surface area contributed by atoms with Crippen LogP contribution in [0.2, 0.25) is 0 Å². The first-order chi connectivity index (χ1) is 11.0. The Morgan fingerprint density at radius 2 is 2.26 bits per heavy atom. The van der Waals surface area contributed by atoms with E-state index in [1.165, 1.54) is 0 Å². The lowest BCUT2D eigenvalue weighted by Gasteiger charge is -2.26. The topological polar surface area (TPSA) is 54.3 Å². The fourth-order valence-corrected chi connectivity index (χ4v) is 3.08. The Kier molecular flexibility index (Phi) is 4.32. The van der Waals surface area contributed by atoms with Crippen LogP contribution in [-0.4, -0.2) is 46.2 Å². The van der Waals surface area contributed by atoms with Crippen molar-refractivity contribution >= 4 is 11.7 Å². The number of carbonyl (C=O) groups is 1. The van der Waals surface area contributed by atoms with Gasteiger partial charge < -0.3 is 9.80 Å². The standard InChI is InChI=1S/C17H23N5O/c1-13-10-19-21(11-13)12-17(23)22-8-4-5-15(22)14-6-7-18-16(9-14)20(2)3/h6-7,9-11,15H,4-5,8,12H2,1-3H3. The highest BCUT2D eigenvalue weighted by atomic mass is 16.2. The van der Waals surface area contributed by atoms with Crippen LogP contribution in [0.5, 0.6) is 0 Å². The van der Waals surface area contributed by atoms with E-state index >= 15 is 0 Å². The Morgan fingerprint density at radius 3 is 2.96 bits per heavy atom. The van der Waals surface area contributed by atoms with Gasteiger partial charge in [-0.25, -0.2) is 4.98 Å². The first-order valence-corrected chi connectivity index (χ1v) is 7.96. The van der Waals surface area contributed by atoms with Crippen LogP contribution in [0.25, 0.3) is 0 Å². The first kappa shape index (κ1) is 15.5. The van der Waals surface area contributed by atoms with Crippen molar-refractivity contribution in [2.45, 2.75) is 32.4 Å². The van der Waals surface area contributed by atoms with Crippen molar-refractivity contribution in [3.63, 3.8) is 0 Å². The van der Waals surface area contributed by atoms with E-state index in [-0.39, 0.29) is 11.9 Å². The van der Waals surface area contributed by atoms with Crippen LogP contribution in [0.1, 0.15) is 30.0 Å². The summed E-state index contributed by atoms with van der Waals surface area (Å²) in [5.41, 5.74) is 2.23. The van der Waals surface area contributed by atoms with Crippen molar-refractivity contribution in [3.8, 4) is 0 Å². The van der Waals surface area contributed by atoms with Crippen LogP contribution in [0.3, 0.4) is 0 Å². The molecule has 122 valence electrons. The number of amides is 1. The van der Waals surface area contributed by atoms with E-state index in [0.717, 1.165) is 36.3 Å². The van der Waals surface area contributed by atoms with Crippen molar-refractivity contribution in [2.75, 3.05) is 25.5 Å². The number of carbonyl (C=O) groups excluding carboxylic acids is 1.